The second-order valence-electron chi connectivity index (χ2n) is 4.33. The van der Waals surface area contributed by atoms with Crippen molar-refractivity contribution in [1.29, 1.82) is 0 Å². The van der Waals surface area contributed by atoms with Gasteiger partial charge in [0, 0.05) is 18.8 Å². The topological polar surface area (TPSA) is 15.3 Å². The lowest BCUT2D eigenvalue weighted by Crippen LogP contribution is -2.20. The van der Waals surface area contributed by atoms with Crippen LogP contribution in [-0.2, 0) is 0 Å². The molecular weight excluding hydrogens is 208 g/mol. The maximum absolute atomic E-state index is 5.30. The number of hydrogen-bond donors (Lipinski definition) is 1. The van der Waals surface area contributed by atoms with Gasteiger partial charge in [-0.15, -0.1) is 6.42 Å². The van der Waals surface area contributed by atoms with Gasteiger partial charge in [0.25, 0.3) is 0 Å². The van der Waals surface area contributed by atoms with Gasteiger partial charge in [0.2, 0.25) is 0 Å². The van der Waals surface area contributed by atoms with Gasteiger partial charge in [-0.3, -0.25) is 0 Å². The first kappa shape index (κ1) is 13.6. The molecule has 0 fully saturated rings. The van der Waals surface area contributed by atoms with Crippen LogP contribution in [0.25, 0.3) is 0 Å². The summed E-state index contributed by atoms with van der Waals surface area (Å²) in [7, 11) is 2.01. The summed E-state index contributed by atoms with van der Waals surface area (Å²) >= 11 is 0. The first-order valence-corrected chi connectivity index (χ1v) is 6.17. The Hall–Kier alpha value is -1.46. The van der Waals surface area contributed by atoms with Crippen molar-refractivity contribution >= 4 is 5.69 Å². The van der Waals surface area contributed by atoms with Crippen LogP contribution >= 0.6 is 0 Å². The van der Waals surface area contributed by atoms with Crippen LogP contribution in [0.3, 0.4) is 0 Å². The minimum Gasteiger partial charge on any atom is -0.363 e. The summed E-state index contributed by atoms with van der Waals surface area (Å²) in [5, 5.41) is 3.48. The first-order valence-electron chi connectivity index (χ1n) is 6.17. The Labute approximate surface area is 105 Å². The average Bonchev–Trinajstić information content (AvgIpc) is 2.36. The van der Waals surface area contributed by atoms with Crippen molar-refractivity contribution < 1.29 is 0 Å². The van der Waals surface area contributed by atoms with E-state index < -0.39 is 0 Å². The van der Waals surface area contributed by atoms with Crippen LogP contribution in [0.2, 0.25) is 0 Å². The second-order valence-corrected chi connectivity index (χ2v) is 4.33. The molecule has 2 nitrogen and oxygen atoms in total. The summed E-state index contributed by atoms with van der Waals surface area (Å²) in [6.45, 7) is 6.07. The summed E-state index contributed by atoms with van der Waals surface area (Å²) in [5.74, 6) is 2.64. The lowest BCUT2D eigenvalue weighted by molar-refractivity contribution is 0.571. The van der Waals surface area contributed by atoms with E-state index >= 15 is 0 Å². The summed E-state index contributed by atoms with van der Waals surface area (Å²) in [4.78, 5) is 2.06. The smallest absolute Gasteiger partial charge is 0.0788 e. The SMILES string of the molecule is C#CCN(C)c1ccc(C(C)NCCC)cc1. The molecule has 1 atom stereocenters. The van der Waals surface area contributed by atoms with Crippen molar-refractivity contribution in [3.63, 3.8) is 0 Å². The molecule has 1 N–H and O–H groups in total. The van der Waals surface area contributed by atoms with Crippen LogP contribution < -0.4 is 10.2 Å². The molecule has 0 saturated carbocycles. The molecule has 0 aromatic heterocycles. The molecule has 2 heteroatoms. The normalized spacial score (nSPS) is 11.9. The number of nitrogens with one attached hydrogen (secondary N) is 1. The molecule has 0 aliphatic heterocycles. The van der Waals surface area contributed by atoms with Crippen LogP contribution in [0.4, 0.5) is 5.69 Å². The molecule has 1 rings (SSSR count). The highest BCUT2D eigenvalue weighted by molar-refractivity contribution is 5.48. The van der Waals surface area contributed by atoms with Gasteiger partial charge >= 0.3 is 0 Å². The highest BCUT2D eigenvalue weighted by Gasteiger charge is 2.04. The number of benzene rings is 1. The van der Waals surface area contributed by atoms with Crippen molar-refractivity contribution in [3.05, 3.63) is 29.8 Å². The molecular formula is C15H22N2. The highest BCUT2D eigenvalue weighted by Crippen LogP contribution is 2.18. The van der Waals surface area contributed by atoms with E-state index in [2.05, 4.69) is 54.3 Å². The Kier molecular flexibility index (Phi) is 5.59. The van der Waals surface area contributed by atoms with Gasteiger partial charge < -0.3 is 10.2 Å². The Morgan fingerprint density at radius 2 is 2.00 bits per heavy atom. The van der Waals surface area contributed by atoms with E-state index in [9.17, 15) is 0 Å². The lowest BCUT2D eigenvalue weighted by Gasteiger charge is -2.18. The van der Waals surface area contributed by atoms with E-state index in [-0.39, 0.29) is 0 Å². The number of hydrogen-bond acceptors (Lipinski definition) is 2. The fourth-order valence-corrected chi connectivity index (χ4v) is 1.72. The van der Waals surface area contributed by atoms with Gasteiger partial charge in [-0.2, -0.15) is 0 Å². The van der Waals surface area contributed by atoms with Crippen LogP contribution in [0, 0.1) is 12.3 Å². The van der Waals surface area contributed by atoms with Gasteiger partial charge in [-0.1, -0.05) is 25.0 Å². The number of terminal acetylenes is 1. The molecule has 17 heavy (non-hydrogen) atoms. The second kappa shape index (κ2) is 6.98. The van der Waals surface area contributed by atoms with Crippen molar-refractivity contribution in [2.24, 2.45) is 0 Å². The van der Waals surface area contributed by atoms with Crippen molar-refractivity contribution in [3.8, 4) is 12.3 Å². The molecule has 92 valence electrons. The number of anilines is 1. The maximum Gasteiger partial charge on any atom is 0.0788 e. The fourth-order valence-electron chi connectivity index (χ4n) is 1.72. The lowest BCUT2D eigenvalue weighted by atomic mass is 10.1. The zero-order valence-electron chi connectivity index (χ0n) is 11.0. The highest BCUT2D eigenvalue weighted by atomic mass is 15.1. The van der Waals surface area contributed by atoms with E-state index in [0.29, 0.717) is 12.6 Å². The molecule has 0 aliphatic rings. The van der Waals surface area contributed by atoms with Crippen molar-refractivity contribution in [1.82, 2.24) is 5.32 Å². The van der Waals surface area contributed by atoms with Gasteiger partial charge in [-0.25, -0.2) is 0 Å². The predicted octanol–water partition coefficient (Wildman–Crippen LogP) is 2.82. The summed E-state index contributed by atoms with van der Waals surface area (Å²) in [6, 6.07) is 8.97. The number of nitrogens with zero attached hydrogens (tertiary/aromatic N) is 1. The summed E-state index contributed by atoms with van der Waals surface area (Å²) in [6.07, 6.45) is 6.46. The minimum atomic E-state index is 0.405. The Balaban J connectivity index is 2.64. The van der Waals surface area contributed by atoms with Crippen LogP contribution in [-0.4, -0.2) is 20.1 Å². The molecule has 1 unspecified atom stereocenters. The third-order valence-electron chi connectivity index (χ3n) is 2.86. The van der Waals surface area contributed by atoms with Gasteiger partial charge in [-0.05, 0) is 37.6 Å². The minimum absolute atomic E-state index is 0.405. The zero-order chi connectivity index (χ0) is 12.7. The van der Waals surface area contributed by atoms with E-state index in [1.165, 1.54) is 5.56 Å². The third-order valence-corrected chi connectivity index (χ3v) is 2.86. The van der Waals surface area contributed by atoms with E-state index in [0.717, 1.165) is 18.7 Å². The van der Waals surface area contributed by atoms with Gasteiger partial charge in [0.05, 0.1) is 6.54 Å². The maximum atomic E-state index is 5.30. The van der Waals surface area contributed by atoms with E-state index in [1.54, 1.807) is 0 Å². The molecule has 0 amide bonds. The molecule has 0 bridgehead atoms. The molecule has 0 aliphatic carbocycles. The molecule has 0 radical (unpaired) electrons. The van der Waals surface area contributed by atoms with Crippen LogP contribution in [0.1, 0.15) is 31.9 Å². The largest absolute Gasteiger partial charge is 0.363 e. The molecule has 1 aromatic carbocycles. The average molecular weight is 230 g/mol. The van der Waals surface area contributed by atoms with Gasteiger partial charge in [0.1, 0.15) is 0 Å². The van der Waals surface area contributed by atoms with E-state index in [1.807, 2.05) is 7.05 Å². The standard InChI is InChI=1S/C15H22N2/c1-5-11-16-13(3)14-7-9-15(10-8-14)17(4)12-6-2/h2,7-10,13,16H,5,11-12H2,1,3-4H3. The monoisotopic (exact) mass is 230 g/mol. The van der Waals surface area contributed by atoms with Crippen LogP contribution in [0.15, 0.2) is 24.3 Å². The molecule has 0 saturated heterocycles. The third kappa shape index (κ3) is 4.13. The quantitative estimate of drug-likeness (QED) is 0.756. The molecule has 1 aromatic rings. The Bertz CT molecular complexity index is 362. The summed E-state index contributed by atoms with van der Waals surface area (Å²) < 4.78 is 0. The van der Waals surface area contributed by atoms with Crippen molar-refractivity contribution in [2.75, 3.05) is 25.0 Å². The van der Waals surface area contributed by atoms with Crippen molar-refractivity contribution in [2.45, 2.75) is 26.3 Å². The fraction of sp³-hybridized carbons (Fsp3) is 0.467. The first-order chi connectivity index (χ1) is 8.19. The Morgan fingerprint density at radius 3 is 2.53 bits per heavy atom. The van der Waals surface area contributed by atoms with Gasteiger partial charge in [0.15, 0.2) is 0 Å². The predicted molar refractivity (Wildman–Crippen MR) is 75.3 cm³/mol. The van der Waals surface area contributed by atoms with E-state index in [4.69, 9.17) is 6.42 Å². The number of rotatable bonds is 6. The Morgan fingerprint density at radius 1 is 1.35 bits per heavy atom. The van der Waals surface area contributed by atoms with Crippen LogP contribution in [0.5, 0.6) is 0 Å². The molecule has 0 heterocycles. The summed E-state index contributed by atoms with van der Waals surface area (Å²) in [5.41, 5.74) is 2.48. The molecule has 0 spiro atoms. The zero-order valence-corrected chi connectivity index (χ0v) is 11.0.